The van der Waals surface area contributed by atoms with Crippen LogP contribution in [0.15, 0.2) is 36.6 Å². The number of hydrogen-bond donors (Lipinski definition) is 0. The van der Waals surface area contributed by atoms with E-state index in [0.29, 0.717) is 5.76 Å². The standard InChI is InChI=1S/C11H9O.Y/c1-8-7-9(2)12-11-6-4-3-5-10(8)11;/h3-6H,2H2,1H3;/q-1;. The maximum atomic E-state index is 5.38. The van der Waals surface area contributed by atoms with Gasteiger partial charge in [-0.15, -0.1) is 17.7 Å². The number of benzene rings is 1. The number of fused-ring (bicyclic) bond motifs is 1. The molecule has 0 spiro atoms. The van der Waals surface area contributed by atoms with Gasteiger partial charge in [0.25, 0.3) is 0 Å². The fourth-order valence-corrected chi connectivity index (χ4v) is 1.30. The molecule has 0 aliphatic carbocycles. The van der Waals surface area contributed by atoms with Crippen LogP contribution in [-0.4, -0.2) is 0 Å². The summed E-state index contributed by atoms with van der Waals surface area (Å²) in [6.07, 6.45) is 3.04. The molecule has 0 aromatic heterocycles. The summed E-state index contributed by atoms with van der Waals surface area (Å²) in [5, 5.41) is 0. The minimum absolute atomic E-state index is 0. The molecule has 1 heterocycles. The minimum atomic E-state index is 0. The Hall–Kier alpha value is -0.396. The summed E-state index contributed by atoms with van der Waals surface area (Å²) in [5.41, 5.74) is 2.19. The third kappa shape index (κ3) is 2.09. The Morgan fingerprint density at radius 2 is 2.00 bits per heavy atom. The van der Waals surface area contributed by atoms with Crippen LogP contribution in [0.25, 0.3) is 5.57 Å². The van der Waals surface area contributed by atoms with Gasteiger partial charge in [0.05, 0.1) is 5.75 Å². The molecule has 63 valence electrons. The Balaban J connectivity index is 0.000000845. The Morgan fingerprint density at radius 1 is 1.31 bits per heavy atom. The van der Waals surface area contributed by atoms with Crippen molar-refractivity contribution < 1.29 is 37.4 Å². The molecular weight excluding hydrogens is 237 g/mol. The van der Waals surface area contributed by atoms with Gasteiger partial charge in [-0.3, -0.25) is 0 Å². The quantitative estimate of drug-likeness (QED) is 0.639. The third-order valence-corrected chi connectivity index (χ3v) is 1.85. The number of para-hydroxylation sites is 1. The zero-order chi connectivity index (χ0) is 8.55. The van der Waals surface area contributed by atoms with Crippen molar-refractivity contribution in [1.82, 2.24) is 0 Å². The maximum absolute atomic E-state index is 5.38. The summed E-state index contributed by atoms with van der Waals surface area (Å²) in [7, 11) is 0. The zero-order valence-corrected chi connectivity index (χ0v) is 10.3. The average Bonchev–Trinajstić information content (AvgIpc) is 2.04. The van der Waals surface area contributed by atoms with Crippen LogP contribution in [-0.2, 0) is 32.7 Å². The van der Waals surface area contributed by atoms with Crippen LogP contribution in [0.2, 0.25) is 0 Å². The predicted molar refractivity (Wildman–Crippen MR) is 48.5 cm³/mol. The molecule has 0 saturated carbocycles. The van der Waals surface area contributed by atoms with Crippen molar-refractivity contribution in [2.24, 2.45) is 0 Å². The van der Waals surface area contributed by atoms with Gasteiger partial charge in [-0.05, 0) is 6.07 Å². The molecular formula is C11H9OY-. The minimum Gasteiger partial charge on any atom is -0.496 e. The molecule has 1 aliphatic heterocycles. The van der Waals surface area contributed by atoms with Gasteiger partial charge in [-0.25, -0.2) is 0 Å². The molecule has 0 fully saturated rings. The van der Waals surface area contributed by atoms with Crippen LogP contribution in [0, 0.1) is 6.08 Å². The van der Waals surface area contributed by atoms with E-state index in [4.69, 9.17) is 4.74 Å². The van der Waals surface area contributed by atoms with Gasteiger partial charge in [-0.1, -0.05) is 24.6 Å². The fraction of sp³-hybridized carbons (Fsp3) is 0.0909. The molecule has 0 N–H and O–H groups in total. The van der Waals surface area contributed by atoms with Gasteiger partial charge in [-0.2, -0.15) is 6.58 Å². The second kappa shape index (κ2) is 4.21. The number of hydrogen-bond acceptors (Lipinski definition) is 1. The van der Waals surface area contributed by atoms with Gasteiger partial charge in [0, 0.05) is 38.5 Å². The first-order valence-electron chi connectivity index (χ1n) is 3.84. The molecule has 1 aromatic carbocycles. The van der Waals surface area contributed by atoms with E-state index in [1.165, 1.54) is 0 Å². The van der Waals surface area contributed by atoms with Crippen LogP contribution in [0.5, 0.6) is 5.75 Å². The SMILES string of the molecule is C=C1[C-]=C(C)c2ccccc2O1.[Y]. The van der Waals surface area contributed by atoms with Crippen molar-refractivity contribution in [3.8, 4) is 5.75 Å². The van der Waals surface area contributed by atoms with Gasteiger partial charge in [0.1, 0.15) is 0 Å². The molecule has 0 bridgehead atoms. The largest absolute Gasteiger partial charge is 0.496 e. The topological polar surface area (TPSA) is 9.23 Å². The van der Waals surface area contributed by atoms with Gasteiger partial charge < -0.3 is 4.74 Å². The molecule has 13 heavy (non-hydrogen) atoms. The molecule has 0 amide bonds. The number of allylic oxidation sites excluding steroid dienone is 2. The summed E-state index contributed by atoms with van der Waals surface area (Å²) in [4.78, 5) is 0. The van der Waals surface area contributed by atoms with Crippen LogP contribution >= 0.6 is 0 Å². The van der Waals surface area contributed by atoms with E-state index >= 15 is 0 Å². The first kappa shape index (κ1) is 10.7. The van der Waals surface area contributed by atoms with Crippen LogP contribution in [0.4, 0.5) is 0 Å². The van der Waals surface area contributed by atoms with Crippen LogP contribution < -0.4 is 4.74 Å². The molecule has 0 atom stereocenters. The Kier molecular flexibility index (Phi) is 3.46. The Bertz CT molecular complexity index is 366. The van der Waals surface area contributed by atoms with E-state index in [0.717, 1.165) is 16.9 Å². The van der Waals surface area contributed by atoms with E-state index in [1.54, 1.807) is 0 Å². The van der Waals surface area contributed by atoms with Crippen LogP contribution in [0.1, 0.15) is 12.5 Å². The molecule has 1 aromatic rings. The zero-order valence-electron chi connectivity index (χ0n) is 7.50. The molecule has 1 aliphatic rings. The van der Waals surface area contributed by atoms with E-state index in [-0.39, 0.29) is 32.7 Å². The summed E-state index contributed by atoms with van der Waals surface area (Å²) in [6, 6.07) is 7.89. The smallest absolute Gasteiger partial charge is 0.0778 e. The third-order valence-electron chi connectivity index (χ3n) is 1.85. The van der Waals surface area contributed by atoms with Crippen molar-refractivity contribution >= 4 is 5.57 Å². The second-order valence-electron chi connectivity index (χ2n) is 2.77. The molecule has 2 rings (SSSR count). The Morgan fingerprint density at radius 3 is 2.77 bits per heavy atom. The van der Waals surface area contributed by atoms with Crippen LogP contribution in [0.3, 0.4) is 0 Å². The summed E-state index contributed by atoms with van der Waals surface area (Å²) >= 11 is 0. The summed E-state index contributed by atoms with van der Waals surface area (Å²) in [5.74, 6) is 1.46. The predicted octanol–water partition coefficient (Wildman–Crippen LogP) is 2.80. The monoisotopic (exact) mass is 246 g/mol. The fourth-order valence-electron chi connectivity index (χ4n) is 1.30. The average molecular weight is 246 g/mol. The maximum Gasteiger partial charge on any atom is 0.0778 e. The molecule has 0 saturated heterocycles. The summed E-state index contributed by atoms with van der Waals surface area (Å²) in [6.45, 7) is 5.72. The molecule has 2 heteroatoms. The van der Waals surface area contributed by atoms with Crippen molar-refractivity contribution in [2.75, 3.05) is 0 Å². The van der Waals surface area contributed by atoms with Crippen molar-refractivity contribution in [1.29, 1.82) is 0 Å². The normalized spacial score (nSPS) is 13.6. The van der Waals surface area contributed by atoms with E-state index in [9.17, 15) is 0 Å². The molecule has 1 radical (unpaired) electrons. The van der Waals surface area contributed by atoms with Crippen molar-refractivity contribution in [2.45, 2.75) is 6.92 Å². The molecule has 1 nitrogen and oxygen atoms in total. The summed E-state index contributed by atoms with van der Waals surface area (Å²) < 4.78 is 5.38. The first-order valence-corrected chi connectivity index (χ1v) is 3.84. The van der Waals surface area contributed by atoms with E-state index in [1.807, 2.05) is 31.2 Å². The second-order valence-corrected chi connectivity index (χ2v) is 2.77. The number of rotatable bonds is 0. The van der Waals surface area contributed by atoms with E-state index in [2.05, 4.69) is 12.7 Å². The number of ether oxygens (including phenoxy) is 1. The molecule has 0 unspecified atom stereocenters. The first-order chi connectivity index (χ1) is 5.77. The van der Waals surface area contributed by atoms with E-state index < -0.39 is 0 Å². The van der Waals surface area contributed by atoms with Crippen molar-refractivity contribution in [3.05, 3.63) is 48.2 Å². The van der Waals surface area contributed by atoms with Gasteiger partial charge in [0.2, 0.25) is 0 Å². The Labute approximate surface area is 103 Å². The van der Waals surface area contributed by atoms with Gasteiger partial charge in [0.15, 0.2) is 0 Å². The van der Waals surface area contributed by atoms with Gasteiger partial charge >= 0.3 is 0 Å². The van der Waals surface area contributed by atoms with Crippen molar-refractivity contribution in [3.63, 3.8) is 0 Å².